The number of rotatable bonds is 5. The SMILES string of the molecule is CC(=O)NCC(=O)NCCc1ncn[nH]1. The van der Waals surface area contributed by atoms with Gasteiger partial charge in [-0.1, -0.05) is 0 Å². The lowest BCUT2D eigenvalue weighted by Crippen LogP contribution is -2.36. The Morgan fingerprint density at radius 3 is 2.87 bits per heavy atom. The van der Waals surface area contributed by atoms with E-state index in [0.717, 1.165) is 5.82 Å². The number of H-pyrrole nitrogens is 1. The molecule has 7 nitrogen and oxygen atoms in total. The Labute approximate surface area is 86.7 Å². The number of nitrogens with one attached hydrogen (secondary N) is 3. The standard InChI is InChI=1S/C8H13N5O2/c1-6(14)10-4-8(15)9-3-2-7-11-5-12-13-7/h5H,2-4H2,1H3,(H,9,15)(H,10,14)(H,11,12,13). The number of aromatic nitrogens is 3. The third-order valence-electron chi connectivity index (χ3n) is 1.65. The molecule has 0 saturated carbocycles. The molecule has 0 aromatic carbocycles. The number of aromatic amines is 1. The van der Waals surface area contributed by atoms with E-state index >= 15 is 0 Å². The van der Waals surface area contributed by atoms with Gasteiger partial charge in [-0.25, -0.2) is 4.98 Å². The van der Waals surface area contributed by atoms with Crippen LogP contribution in [0.1, 0.15) is 12.7 Å². The number of carbonyl (C=O) groups excluding carboxylic acids is 2. The average molecular weight is 211 g/mol. The Balaban J connectivity index is 2.09. The Hall–Kier alpha value is -1.92. The number of amides is 2. The molecular weight excluding hydrogens is 198 g/mol. The summed E-state index contributed by atoms with van der Waals surface area (Å²) in [7, 11) is 0. The highest BCUT2D eigenvalue weighted by Gasteiger charge is 2.01. The van der Waals surface area contributed by atoms with Crippen molar-refractivity contribution >= 4 is 11.8 Å². The van der Waals surface area contributed by atoms with Gasteiger partial charge in [-0.15, -0.1) is 0 Å². The van der Waals surface area contributed by atoms with E-state index in [0.29, 0.717) is 13.0 Å². The van der Waals surface area contributed by atoms with Crippen LogP contribution < -0.4 is 10.6 Å². The van der Waals surface area contributed by atoms with Gasteiger partial charge in [-0.2, -0.15) is 5.10 Å². The molecule has 1 heterocycles. The lowest BCUT2D eigenvalue weighted by Gasteiger charge is -2.03. The highest BCUT2D eigenvalue weighted by molar-refractivity contribution is 5.83. The number of hydrogen-bond donors (Lipinski definition) is 3. The normalized spacial score (nSPS) is 9.67. The first-order valence-corrected chi connectivity index (χ1v) is 4.54. The predicted molar refractivity (Wildman–Crippen MR) is 51.8 cm³/mol. The van der Waals surface area contributed by atoms with Crippen LogP contribution in [0.5, 0.6) is 0 Å². The van der Waals surface area contributed by atoms with Crippen LogP contribution in [0, 0.1) is 0 Å². The molecule has 1 aromatic heterocycles. The maximum absolute atomic E-state index is 11.1. The predicted octanol–water partition coefficient (Wildman–Crippen LogP) is -1.40. The summed E-state index contributed by atoms with van der Waals surface area (Å²) in [5.74, 6) is 0.278. The number of nitrogens with zero attached hydrogens (tertiary/aromatic N) is 2. The second kappa shape index (κ2) is 5.74. The van der Waals surface area contributed by atoms with E-state index in [1.807, 2.05) is 0 Å². The highest BCUT2D eigenvalue weighted by Crippen LogP contribution is 1.84. The maximum Gasteiger partial charge on any atom is 0.239 e. The molecule has 0 atom stereocenters. The van der Waals surface area contributed by atoms with E-state index < -0.39 is 0 Å². The van der Waals surface area contributed by atoms with Gasteiger partial charge in [0.05, 0.1) is 6.54 Å². The molecule has 2 amide bonds. The molecule has 0 aliphatic rings. The fourth-order valence-electron chi connectivity index (χ4n) is 0.939. The summed E-state index contributed by atoms with van der Waals surface area (Å²) in [6.45, 7) is 1.83. The van der Waals surface area contributed by atoms with Crippen LogP contribution in [0.25, 0.3) is 0 Å². The van der Waals surface area contributed by atoms with Crippen molar-refractivity contribution in [3.63, 3.8) is 0 Å². The fourth-order valence-corrected chi connectivity index (χ4v) is 0.939. The minimum atomic E-state index is -0.222. The molecular formula is C8H13N5O2. The van der Waals surface area contributed by atoms with Gasteiger partial charge in [0.1, 0.15) is 12.2 Å². The molecule has 0 bridgehead atoms. The van der Waals surface area contributed by atoms with E-state index in [2.05, 4.69) is 25.8 Å². The van der Waals surface area contributed by atoms with Crippen LogP contribution in [0.4, 0.5) is 0 Å². The first kappa shape index (κ1) is 11.2. The van der Waals surface area contributed by atoms with Crippen LogP contribution in [0.2, 0.25) is 0 Å². The minimum absolute atomic E-state index is 0.00569. The fraction of sp³-hybridized carbons (Fsp3) is 0.500. The van der Waals surface area contributed by atoms with E-state index in [-0.39, 0.29) is 18.4 Å². The third kappa shape index (κ3) is 4.75. The second-order valence-electron chi connectivity index (χ2n) is 2.94. The molecule has 15 heavy (non-hydrogen) atoms. The van der Waals surface area contributed by atoms with Gasteiger partial charge in [-0.05, 0) is 0 Å². The smallest absolute Gasteiger partial charge is 0.239 e. The zero-order valence-electron chi connectivity index (χ0n) is 8.41. The van der Waals surface area contributed by atoms with Gasteiger partial charge in [0.15, 0.2) is 0 Å². The van der Waals surface area contributed by atoms with Crippen molar-refractivity contribution in [3.05, 3.63) is 12.2 Å². The van der Waals surface area contributed by atoms with Gasteiger partial charge >= 0.3 is 0 Å². The second-order valence-corrected chi connectivity index (χ2v) is 2.94. The molecule has 0 aliphatic carbocycles. The molecule has 7 heteroatoms. The summed E-state index contributed by atoms with van der Waals surface area (Å²) in [5.41, 5.74) is 0. The maximum atomic E-state index is 11.1. The van der Waals surface area contributed by atoms with Gasteiger partial charge in [0, 0.05) is 19.9 Å². The first-order valence-electron chi connectivity index (χ1n) is 4.54. The molecule has 0 spiro atoms. The van der Waals surface area contributed by atoms with Crippen LogP contribution in [-0.2, 0) is 16.0 Å². The van der Waals surface area contributed by atoms with Gasteiger partial charge in [0.25, 0.3) is 0 Å². The molecule has 0 fully saturated rings. The van der Waals surface area contributed by atoms with Crippen molar-refractivity contribution in [1.82, 2.24) is 25.8 Å². The lowest BCUT2D eigenvalue weighted by atomic mass is 10.4. The van der Waals surface area contributed by atoms with Crippen LogP contribution in [-0.4, -0.2) is 40.1 Å². The van der Waals surface area contributed by atoms with Gasteiger partial charge in [0.2, 0.25) is 11.8 Å². The number of hydrogen-bond acceptors (Lipinski definition) is 4. The van der Waals surface area contributed by atoms with Crippen molar-refractivity contribution in [1.29, 1.82) is 0 Å². The largest absolute Gasteiger partial charge is 0.354 e. The zero-order valence-corrected chi connectivity index (χ0v) is 8.41. The minimum Gasteiger partial charge on any atom is -0.354 e. The van der Waals surface area contributed by atoms with Gasteiger partial charge < -0.3 is 10.6 Å². The topological polar surface area (TPSA) is 99.8 Å². The Bertz CT molecular complexity index is 322. The van der Waals surface area contributed by atoms with E-state index in [4.69, 9.17) is 0 Å². The third-order valence-corrected chi connectivity index (χ3v) is 1.65. The van der Waals surface area contributed by atoms with Gasteiger partial charge in [-0.3, -0.25) is 14.7 Å². The summed E-state index contributed by atoms with van der Waals surface area (Å²) < 4.78 is 0. The molecule has 82 valence electrons. The molecule has 3 N–H and O–H groups in total. The first-order chi connectivity index (χ1) is 7.18. The summed E-state index contributed by atoms with van der Waals surface area (Å²) in [5, 5.41) is 11.4. The summed E-state index contributed by atoms with van der Waals surface area (Å²) in [6, 6.07) is 0. The lowest BCUT2D eigenvalue weighted by molar-refractivity contribution is -0.125. The Morgan fingerprint density at radius 1 is 1.47 bits per heavy atom. The van der Waals surface area contributed by atoms with E-state index in [1.165, 1.54) is 13.3 Å². The summed E-state index contributed by atoms with van der Waals surface area (Å²) >= 11 is 0. The molecule has 0 unspecified atom stereocenters. The monoisotopic (exact) mass is 211 g/mol. The molecule has 0 aliphatic heterocycles. The molecule has 1 aromatic rings. The van der Waals surface area contributed by atoms with Crippen LogP contribution in [0.3, 0.4) is 0 Å². The van der Waals surface area contributed by atoms with Crippen molar-refractivity contribution < 1.29 is 9.59 Å². The Morgan fingerprint density at radius 2 is 2.27 bits per heavy atom. The highest BCUT2D eigenvalue weighted by atomic mass is 16.2. The quantitative estimate of drug-likeness (QED) is 0.557. The van der Waals surface area contributed by atoms with Crippen molar-refractivity contribution in [3.8, 4) is 0 Å². The van der Waals surface area contributed by atoms with Crippen molar-refractivity contribution in [2.45, 2.75) is 13.3 Å². The van der Waals surface area contributed by atoms with Crippen molar-refractivity contribution in [2.75, 3.05) is 13.1 Å². The van der Waals surface area contributed by atoms with Crippen LogP contribution >= 0.6 is 0 Å². The zero-order chi connectivity index (χ0) is 11.1. The van der Waals surface area contributed by atoms with Crippen LogP contribution in [0.15, 0.2) is 6.33 Å². The Kier molecular flexibility index (Phi) is 4.27. The molecule has 1 rings (SSSR count). The molecule has 0 saturated heterocycles. The number of carbonyl (C=O) groups is 2. The van der Waals surface area contributed by atoms with E-state index in [1.54, 1.807) is 0 Å². The summed E-state index contributed by atoms with van der Waals surface area (Å²) in [6.07, 6.45) is 2.00. The van der Waals surface area contributed by atoms with Crippen molar-refractivity contribution in [2.24, 2.45) is 0 Å². The molecule has 0 radical (unpaired) electrons. The van der Waals surface area contributed by atoms with E-state index in [9.17, 15) is 9.59 Å². The summed E-state index contributed by atoms with van der Waals surface area (Å²) in [4.78, 5) is 25.5. The average Bonchev–Trinajstić information content (AvgIpc) is 2.67.